The number of halogens is 1. The van der Waals surface area contributed by atoms with Gasteiger partial charge in [0.05, 0.1) is 5.69 Å². The molecule has 4 rings (SSSR count). The topological polar surface area (TPSA) is 91.7 Å². The number of hydrogen-bond donors (Lipinski definition) is 2. The van der Waals surface area contributed by atoms with Crippen LogP contribution in [0.1, 0.15) is 11.3 Å². The average molecular weight is 451 g/mol. The molecule has 0 bridgehead atoms. The monoisotopic (exact) mass is 451 g/mol. The molecule has 0 atom stereocenters. The van der Waals surface area contributed by atoms with Crippen LogP contribution < -0.4 is 10.6 Å². The van der Waals surface area contributed by atoms with Crippen molar-refractivity contribution in [1.29, 1.82) is 0 Å². The van der Waals surface area contributed by atoms with Crippen molar-refractivity contribution in [3.8, 4) is 0 Å². The molecule has 0 saturated carbocycles. The second kappa shape index (κ2) is 9.11. The molecule has 1 saturated heterocycles. The summed E-state index contributed by atoms with van der Waals surface area (Å²) in [7, 11) is 0. The largest absolute Gasteiger partial charge is 0.450 e. The lowest BCUT2D eigenvalue weighted by atomic mass is 10.2. The van der Waals surface area contributed by atoms with Gasteiger partial charge >= 0.3 is 6.03 Å². The van der Waals surface area contributed by atoms with Crippen molar-refractivity contribution in [2.45, 2.75) is 16.9 Å². The van der Waals surface area contributed by atoms with Crippen molar-refractivity contribution in [3.05, 3.63) is 83.5 Å². The van der Waals surface area contributed by atoms with Gasteiger partial charge in [-0.2, -0.15) is 0 Å². The summed E-state index contributed by atoms with van der Waals surface area (Å²) in [6.07, 6.45) is 1.40. The molecule has 162 valence electrons. The van der Waals surface area contributed by atoms with Gasteiger partial charge in [-0.15, -0.1) is 0 Å². The van der Waals surface area contributed by atoms with Crippen molar-refractivity contribution in [2.75, 3.05) is 11.9 Å². The lowest BCUT2D eigenvalue weighted by molar-refractivity contribution is -0.127. The van der Waals surface area contributed by atoms with E-state index in [1.165, 1.54) is 36.0 Å². The Labute approximate surface area is 187 Å². The molecule has 1 aromatic heterocycles. The fraction of sp³-hybridized carbons (Fsp3) is 0.0870. The Morgan fingerprint density at radius 3 is 2.62 bits per heavy atom. The molecule has 9 heteroatoms. The van der Waals surface area contributed by atoms with Gasteiger partial charge in [0, 0.05) is 11.0 Å². The molecular weight excluding hydrogens is 433 g/mol. The van der Waals surface area contributed by atoms with E-state index in [4.69, 9.17) is 4.42 Å². The molecule has 1 fully saturated rings. The Morgan fingerprint density at radius 1 is 1.12 bits per heavy atom. The van der Waals surface area contributed by atoms with E-state index < -0.39 is 30.2 Å². The molecule has 2 N–H and O–H groups in total. The summed E-state index contributed by atoms with van der Waals surface area (Å²) in [5.74, 6) is -1.62. The zero-order valence-electron chi connectivity index (χ0n) is 16.9. The van der Waals surface area contributed by atoms with E-state index in [0.29, 0.717) is 10.9 Å². The van der Waals surface area contributed by atoms with E-state index in [2.05, 4.69) is 10.6 Å². The molecule has 2 aromatic carbocycles. The van der Waals surface area contributed by atoms with Gasteiger partial charge in [0.15, 0.2) is 5.09 Å². The number of carbonyl (C=O) groups excluding carboxylic acids is 3. The zero-order valence-corrected chi connectivity index (χ0v) is 17.7. The Morgan fingerprint density at radius 2 is 1.88 bits per heavy atom. The number of imide groups is 1. The van der Waals surface area contributed by atoms with Crippen LogP contribution in [0.5, 0.6) is 0 Å². The van der Waals surface area contributed by atoms with Crippen molar-refractivity contribution in [1.82, 2.24) is 10.2 Å². The maximum atomic E-state index is 13.7. The van der Waals surface area contributed by atoms with E-state index in [1.54, 1.807) is 18.2 Å². The predicted octanol–water partition coefficient (Wildman–Crippen LogP) is 4.41. The van der Waals surface area contributed by atoms with Crippen LogP contribution >= 0.6 is 11.8 Å². The van der Waals surface area contributed by atoms with Crippen LogP contribution in [0.15, 0.2) is 80.8 Å². The molecule has 1 aliphatic rings. The fourth-order valence-corrected chi connectivity index (χ4v) is 3.72. The highest BCUT2D eigenvalue weighted by Gasteiger charge is 2.35. The molecule has 7 nitrogen and oxygen atoms in total. The highest BCUT2D eigenvalue weighted by atomic mass is 32.2. The minimum Gasteiger partial charge on any atom is -0.450 e. The van der Waals surface area contributed by atoms with Gasteiger partial charge in [0.2, 0.25) is 5.91 Å². The normalized spacial score (nSPS) is 14.7. The van der Waals surface area contributed by atoms with Crippen LogP contribution in [0, 0.1) is 12.7 Å². The maximum absolute atomic E-state index is 13.7. The zero-order chi connectivity index (χ0) is 22.7. The molecule has 3 aromatic rings. The summed E-state index contributed by atoms with van der Waals surface area (Å²) in [6.45, 7) is 1.45. The number of aryl methyl sites for hydroxylation is 1. The van der Waals surface area contributed by atoms with E-state index in [-0.39, 0.29) is 11.4 Å². The Kier molecular flexibility index (Phi) is 6.09. The second-order valence-electron chi connectivity index (χ2n) is 6.98. The summed E-state index contributed by atoms with van der Waals surface area (Å²) in [6, 6.07) is 16.3. The number of urea groups is 1. The summed E-state index contributed by atoms with van der Waals surface area (Å²) in [5.41, 5.74) is 1.10. The molecular formula is C23H18FN3O4S. The standard InChI is InChI=1S/C23H18FN3O4S/c1-14-6-9-16(10-7-14)32-21-11-8-15(31-21)12-19-22(29)27(23(30)26-19)13-20(28)25-18-5-3-2-4-17(18)24/h2-12H,13H2,1H3,(H,25,28)(H,26,30)/b19-12+. The highest BCUT2D eigenvalue weighted by Crippen LogP contribution is 2.30. The first-order valence-electron chi connectivity index (χ1n) is 9.62. The second-order valence-corrected chi connectivity index (χ2v) is 8.06. The Balaban J connectivity index is 1.41. The van der Waals surface area contributed by atoms with Crippen LogP contribution in [0.3, 0.4) is 0 Å². The summed E-state index contributed by atoms with van der Waals surface area (Å²) >= 11 is 1.43. The minimum atomic E-state index is -0.745. The third-order valence-electron chi connectivity index (χ3n) is 4.54. The van der Waals surface area contributed by atoms with Gasteiger partial charge in [-0.1, -0.05) is 41.6 Å². The first-order valence-corrected chi connectivity index (χ1v) is 10.4. The number of benzene rings is 2. The first kappa shape index (κ1) is 21.4. The van der Waals surface area contributed by atoms with Gasteiger partial charge in [-0.25, -0.2) is 14.1 Å². The number of nitrogens with zero attached hydrogens (tertiary/aromatic N) is 1. The van der Waals surface area contributed by atoms with E-state index in [0.717, 1.165) is 15.4 Å². The average Bonchev–Trinajstić information content (AvgIpc) is 3.31. The molecule has 32 heavy (non-hydrogen) atoms. The predicted molar refractivity (Wildman–Crippen MR) is 117 cm³/mol. The summed E-state index contributed by atoms with van der Waals surface area (Å²) in [4.78, 5) is 38.7. The van der Waals surface area contributed by atoms with Crippen molar-refractivity contribution in [3.63, 3.8) is 0 Å². The number of anilines is 1. The maximum Gasteiger partial charge on any atom is 0.329 e. The number of amides is 4. The lowest BCUT2D eigenvalue weighted by Crippen LogP contribution is -2.38. The molecule has 2 heterocycles. The number of rotatable bonds is 6. The minimum absolute atomic E-state index is 0.0186. The molecule has 0 spiro atoms. The van der Waals surface area contributed by atoms with E-state index in [9.17, 15) is 18.8 Å². The number of hydrogen-bond acceptors (Lipinski definition) is 5. The quantitative estimate of drug-likeness (QED) is 0.428. The van der Waals surface area contributed by atoms with Crippen molar-refractivity contribution < 1.29 is 23.2 Å². The van der Waals surface area contributed by atoms with Crippen LogP contribution in [-0.2, 0) is 9.59 Å². The molecule has 0 aliphatic carbocycles. The molecule has 1 aliphatic heterocycles. The van der Waals surface area contributed by atoms with Crippen LogP contribution in [0.4, 0.5) is 14.9 Å². The third kappa shape index (κ3) is 4.89. The molecule has 0 radical (unpaired) electrons. The SMILES string of the molecule is Cc1ccc(Sc2ccc(/C=C3/NC(=O)N(CC(=O)Nc4ccccc4F)C3=O)o2)cc1. The van der Waals surface area contributed by atoms with Gasteiger partial charge in [-0.3, -0.25) is 9.59 Å². The Bertz CT molecular complexity index is 1220. The van der Waals surface area contributed by atoms with Crippen molar-refractivity contribution in [2.24, 2.45) is 0 Å². The first-order chi connectivity index (χ1) is 15.4. The number of carbonyl (C=O) groups is 3. The van der Waals surface area contributed by atoms with Gasteiger partial charge in [0.1, 0.15) is 23.8 Å². The number of nitrogens with one attached hydrogen (secondary N) is 2. The fourth-order valence-electron chi connectivity index (χ4n) is 2.94. The summed E-state index contributed by atoms with van der Waals surface area (Å²) < 4.78 is 19.4. The number of furan rings is 1. The smallest absolute Gasteiger partial charge is 0.329 e. The van der Waals surface area contributed by atoms with Gasteiger partial charge in [0.25, 0.3) is 5.91 Å². The van der Waals surface area contributed by atoms with Crippen molar-refractivity contribution >= 4 is 41.4 Å². The lowest BCUT2D eigenvalue weighted by Gasteiger charge is -2.12. The van der Waals surface area contributed by atoms with Gasteiger partial charge in [-0.05, 0) is 43.3 Å². The number of para-hydroxylation sites is 1. The van der Waals surface area contributed by atoms with E-state index in [1.807, 2.05) is 31.2 Å². The van der Waals surface area contributed by atoms with Crippen LogP contribution in [-0.4, -0.2) is 29.3 Å². The molecule has 4 amide bonds. The van der Waals surface area contributed by atoms with Crippen LogP contribution in [0.2, 0.25) is 0 Å². The Hall–Kier alpha value is -3.85. The third-order valence-corrected chi connectivity index (χ3v) is 5.47. The van der Waals surface area contributed by atoms with Gasteiger partial charge < -0.3 is 15.1 Å². The van der Waals surface area contributed by atoms with E-state index >= 15 is 0 Å². The van der Waals surface area contributed by atoms with Crippen LogP contribution in [0.25, 0.3) is 6.08 Å². The summed E-state index contributed by atoms with van der Waals surface area (Å²) in [5, 5.41) is 5.39. The highest BCUT2D eigenvalue weighted by molar-refractivity contribution is 7.99. The molecule has 0 unspecified atom stereocenters.